The Bertz CT molecular complexity index is 914. The third-order valence-corrected chi connectivity index (χ3v) is 9.14. The summed E-state index contributed by atoms with van der Waals surface area (Å²) in [6.45, 7) is 6.53. The van der Waals surface area contributed by atoms with Gasteiger partial charge in [0.2, 0.25) is 6.29 Å². The molecule has 0 amide bonds. The molecule has 276 valence electrons. The molecule has 1 saturated carbocycles. The average molecular weight is 676 g/mol. The van der Waals surface area contributed by atoms with Crippen LogP contribution in [0.3, 0.4) is 0 Å². The van der Waals surface area contributed by atoms with E-state index in [1.54, 1.807) is 14.0 Å². The minimum atomic E-state index is -1.28. The second-order valence-corrected chi connectivity index (χ2v) is 13.3. The Morgan fingerprint density at radius 1 is 0.979 bits per heavy atom. The van der Waals surface area contributed by atoms with Gasteiger partial charge in [-0.2, -0.15) is 0 Å². The summed E-state index contributed by atoms with van der Waals surface area (Å²) in [5.74, 6) is -0.0873. The van der Waals surface area contributed by atoms with Crippen LogP contribution < -0.4 is 27.8 Å². The molecule has 2 unspecified atom stereocenters. The van der Waals surface area contributed by atoms with Crippen LogP contribution in [0, 0.1) is 0 Å². The lowest BCUT2D eigenvalue weighted by atomic mass is 9.83. The Hall–Kier alpha value is -1.43. The normalized spacial score (nSPS) is 35.7. The van der Waals surface area contributed by atoms with Crippen molar-refractivity contribution in [2.45, 2.75) is 165 Å². The molecule has 3 aliphatic rings. The molecule has 1 saturated heterocycles. The fourth-order valence-corrected chi connectivity index (χ4v) is 6.44. The van der Waals surface area contributed by atoms with Gasteiger partial charge < -0.3 is 67.2 Å². The van der Waals surface area contributed by atoms with E-state index < -0.39 is 66.7 Å². The first-order chi connectivity index (χ1) is 22.4. The predicted molar refractivity (Wildman–Crippen MR) is 179 cm³/mol. The van der Waals surface area contributed by atoms with E-state index in [0.29, 0.717) is 31.6 Å². The quantitative estimate of drug-likeness (QED) is 0.0914. The minimum absolute atomic E-state index is 0.0483. The minimum Gasteiger partial charge on any atom is -0.481 e. The summed E-state index contributed by atoms with van der Waals surface area (Å²) in [4.78, 5) is 10.2. The maximum atomic E-state index is 11.3. The van der Waals surface area contributed by atoms with Gasteiger partial charge in [0.05, 0.1) is 25.2 Å². The Labute approximate surface area is 281 Å². The maximum Gasteiger partial charge on any atom is 0.303 e. The summed E-state index contributed by atoms with van der Waals surface area (Å²) in [6, 6.07) is -1.95. The van der Waals surface area contributed by atoms with Gasteiger partial charge in [-0.3, -0.25) is 4.79 Å². The van der Waals surface area contributed by atoms with Gasteiger partial charge in [0.15, 0.2) is 6.29 Å². The molecule has 0 bridgehead atoms. The second-order valence-electron chi connectivity index (χ2n) is 13.3. The molecular formula is C33H65N5O9. The van der Waals surface area contributed by atoms with Crippen LogP contribution in [-0.2, 0) is 23.7 Å². The topological polar surface area (TPSA) is 237 Å². The third-order valence-electron chi connectivity index (χ3n) is 9.14. The van der Waals surface area contributed by atoms with Gasteiger partial charge in [-0.15, -0.1) is 0 Å². The first-order valence-corrected chi connectivity index (χ1v) is 17.6. The molecule has 0 spiro atoms. The van der Waals surface area contributed by atoms with Crippen molar-refractivity contribution in [2.75, 3.05) is 26.7 Å². The van der Waals surface area contributed by atoms with E-state index in [0.717, 1.165) is 12.8 Å². The van der Waals surface area contributed by atoms with E-state index in [4.69, 9.17) is 41.3 Å². The summed E-state index contributed by atoms with van der Waals surface area (Å²) in [6.07, 6.45) is 8.43. The number of hydrogen-bond acceptors (Lipinski definition) is 13. The molecule has 1 aliphatic carbocycles. The van der Waals surface area contributed by atoms with Gasteiger partial charge in [0, 0.05) is 18.5 Å². The number of unbranched alkanes of at least 4 members (excludes halogenated alkanes) is 8. The SMILES string of the molecule is CCCCCCCCCCCC(=O)O.CCN[C@@H]1C[C@H](N)[C@@H](OC2OC(CN)=CCC2N)[C@H](O)[C@H]1O[C@H]1OC[C@](C)(O)[C@H](NC)[C@H]1O. The van der Waals surface area contributed by atoms with Crippen LogP contribution in [0.5, 0.6) is 0 Å². The number of nitrogens with one attached hydrogen (secondary N) is 2. The lowest BCUT2D eigenvalue weighted by molar-refractivity contribution is -0.304. The summed E-state index contributed by atoms with van der Waals surface area (Å²) < 4.78 is 23.6. The molecule has 3 rings (SSSR count). The molecule has 2 heterocycles. The largest absolute Gasteiger partial charge is 0.481 e. The van der Waals surface area contributed by atoms with Gasteiger partial charge in [0.1, 0.15) is 35.8 Å². The van der Waals surface area contributed by atoms with E-state index in [2.05, 4.69) is 17.6 Å². The van der Waals surface area contributed by atoms with Crippen LogP contribution in [0.1, 0.15) is 97.8 Å². The Kier molecular flexibility index (Phi) is 19.2. The Morgan fingerprint density at radius 2 is 1.60 bits per heavy atom. The fourth-order valence-electron chi connectivity index (χ4n) is 6.44. The fraction of sp³-hybridized carbons (Fsp3) is 0.909. The number of carboxylic acids is 1. The van der Waals surface area contributed by atoms with Crippen molar-refractivity contribution in [1.82, 2.24) is 10.6 Å². The summed E-state index contributed by atoms with van der Waals surface area (Å²) >= 11 is 0. The number of aliphatic hydroxyl groups excluding tert-OH is 2. The second kappa shape index (κ2) is 21.6. The number of carboxylic acid groups (broad SMARTS) is 1. The lowest BCUT2D eigenvalue weighted by Crippen LogP contribution is -2.69. The smallest absolute Gasteiger partial charge is 0.303 e. The number of nitrogens with two attached hydrogens (primary N) is 3. The van der Waals surface area contributed by atoms with Crippen molar-refractivity contribution in [1.29, 1.82) is 0 Å². The number of carbonyl (C=O) groups is 1. The van der Waals surface area contributed by atoms with Crippen LogP contribution in [0.2, 0.25) is 0 Å². The van der Waals surface area contributed by atoms with Crippen LogP contribution >= 0.6 is 0 Å². The number of hydrogen-bond donors (Lipinski definition) is 9. The van der Waals surface area contributed by atoms with Crippen LogP contribution in [0.4, 0.5) is 0 Å². The molecule has 11 atom stereocenters. The van der Waals surface area contributed by atoms with Crippen molar-refractivity contribution in [3.8, 4) is 0 Å². The highest BCUT2D eigenvalue weighted by Crippen LogP contribution is 2.32. The van der Waals surface area contributed by atoms with Crippen LogP contribution in [0.25, 0.3) is 0 Å². The number of rotatable bonds is 18. The Morgan fingerprint density at radius 3 is 2.17 bits per heavy atom. The van der Waals surface area contributed by atoms with Crippen molar-refractivity contribution in [3.63, 3.8) is 0 Å². The van der Waals surface area contributed by atoms with E-state index >= 15 is 0 Å². The standard InChI is InChI=1S/C21H41N5O7.C12H24O2/c1-4-26-13-7-12(24)16(32-19-11(23)6-5-10(8-22)31-19)14(27)17(13)33-20-15(28)18(25-3)21(2,29)9-30-20;1-2-3-4-5-6-7-8-9-10-11-12(13)14/h5,11-20,25-29H,4,6-9,22-24H2,1-3H3;2-11H2,1H3,(H,13,14)/t11?,12-,13+,14-,15+,16+,17-,18+,19?,20+,21-;/m0./s1. The molecule has 0 aromatic carbocycles. The zero-order valence-electron chi connectivity index (χ0n) is 29.0. The van der Waals surface area contributed by atoms with Gasteiger partial charge >= 0.3 is 5.97 Å². The third kappa shape index (κ3) is 13.4. The zero-order chi connectivity index (χ0) is 35.0. The van der Waals surface area contributed by atoms with Gasteiger partial charge in [-0.05, 0) is 45.9 Å². The van der Waals surface area contributed by atoms with Crippen LogP contribution in [-0.4, -0.2) is 120 Å². The van der Waals surface area contributed by atoms with Crippen molar-refractivity contribution < 1.29 is 44.2 Å². The highest BCUT2D eigenvalue weighted by atomic mass is 16.7. The molecule has 2 aliphatic heterocycles. The van der Waals surface area contributed by atoms with E-state index in [1.807, 2.05) is 13.0 Å². The first kappa shape index (κ1) is 41.7. The van der Waals surface area contributed by atoms with Gasteiger partial charge in [-0.25, -0.2) is 0 Å². The molecule has 47 heavy (non-hydrogen) atoms. The molecule has 14 heteroatoms. The molecule has 12 N–H and O–H groups in total. The highest BCUT2D eigenvalue weighted by Gasteiger charge is 2.51. The van der Waals surface area contributed by atoms with E-state index in [1.165, 1.54) is 44.9 Å². The van der Waals surface area contributed by atoms with Crippen molar-refractivity contribution >= 4 is 5.97 Å². The lowest BCUT2D eigenvalue weighted by Gasteiger charge is -2.49. The molecule has 0 radical (unpaired) electrons. The highest BCUT2D eigenvalue weighted by molar-refractivity contribution is 5.66. The Balaban J connectivity index is 0.000000463. The van der Waals surface area contributed by atoms with Gasteiger partial charge in [-0.1, -0.05) is 65.2 Å². The summed E-state index contributed by atoms with van der Waals surface area (Å²) in [5, 5.41) is 47.2. The first-order valence-electron chi connectivity index (χ1n) is 17.6. The summed E-state index contributed by atoms with van der Waals surface area (Å²) in [5.41, 5.74) is 16.9. The molecule has 2 fully saturated rings. The summed E-state index contributed by atoms with van der Waals surface area (Å²) in [7, 11) is 1.64. The number of aliphatic hydroxyl groups is 3. The zero-order valence-corrected chi connectivity index (χ0v) is 29.0. The number of ether oxygens (including phenoxy) is 4. The van der Waals surface area contributed by atoms with Gasteiger partial charge in [0.25, 0.3) is 0 Å². The predicted octanol–water partition coefficient (Wildman–Crippen LogP) is 0.791. The monoisotopic (exact) mass is 675 g/mol. The van der Waals surface area contributed by atoms with E-state index in [-0.39, 0.29) is 19.2 Å². The average Bonchev–Trinajstić information content (AvgIpc) is 3.02. The molecule has 14 nitrogen and oxygen atoms in total. The number of aliphatic carboxylic acids is 1. The van der Waals surface area contributed by atoms with Crippen LogP contribution in [0.15, 0.2) is 11.8 Å². The molecule has 0 aromatic rings. The maximum absolute atomic E-state index is 11.3. The number of likely N-dealkylation sites (N-methyl/N-ethyl adjacent to an activating group) is 2. The van der Waals surface area contributed by atoms with Crippen molar-refractivity contribution in [2.24, 2.45) is 17.2 Å². The van der Waals surface area contributed by atoms with Crippen molar-refractivity contribution in [3.05, 3.63) is 11.8 Å². The molecular weight excluding hydrogens is 610 g/mol. The van der Waals surface area contributed by atoms with E-state index in [9.17, 15) is 20.1 Å². The molecule has 0 aromatic heterocycles.